The van der Waals surface area contributed by atoms with Gasteiger partial charge in [0, 0.05) is 25.3 Å². The third kappa shape index (κ3) is 4.99. The van der Waals surface area contributed by atoms with Gasteiger partial charge in [0.1, 0.15) is 5.75 Å². The van der Waals surface area contributed by atoms with Gasteiger partial charge in [-0.1, -0.05) is 34.6 Å². The van der Waals surface area contributed by atoms with Crippen LogP contribution in [-0.4, -0.2) is 26.5 Å². The van der Waals surface area contributed by atoms with E-state index in [1.54, 1.807) is 6.20 Å². The van der Waals surface area contributed by atoms with Crippen molar-refractivity contribution in [3.63, 3.8) is 0 Å². The predicted molar refractivity (Wildman–Crippen MR) is 96.0 cm³/mol. The highest BCUT2D eigenvalue weighted by Crippen LogP contribution is 2.36. The van der Waals surface area contributed by atoms with E-state index in [-0.39, 0.29) is 5.04 Å². The first-order valence-electron chi connectivity index (χ1n) is 8.07. The smallest absolute Gasteiger partial charge is 0.191 e. The zero-order valence-electron chi connectivity index (χ0n) is 15.2. The molecule has 0 aromatic carbocycles. The molecule has 1 rings (SSSR count). The third-order valence-corrected chi connectivity index (χ3v) is 8.88. The molecular formula is C17H32N2O2Si. The molecule has 0 aliphatic rings. The van der Waals surface area contributed by atoms with Gasteiger partial charge in [0.05, 0.1) is 18.0 Å². The predicted octanol–water partition coefficient (Wildman–Crippen LogP) is 4.58. The molecule has 0 saturated heterocycles. The molecule has 0 aliphatic heterocycles. The van der Waals surface area contributed by atoms with Crippen LogP contribution in [0.1, 0.15) is 52.7 Å². The quantitative estimate of drug-likeness (QED) is 0.589. The van der Waals surface area contributed by atoms with Crippen molar-refractivity contribution < 1.29 is 9.16 Å². The molecule has 2 N–H and O–H groups in total. The van der Waals surface area contributed by atoms with Gasteiger partial charge in [-0.3, -0.25) is 4.98 Å². The number of ether oxygens (including phenoxy) is 1. The number of anilines is 1. The Morgan fingerprint density at radius 1 is 1.23 bits per heavy atom. The van der Waals surface area contributed by atoms with Crippen LogP contribution < -0.4 is 10.5 Å². The van der Waals surface area contributed by atoms with Crippen molar-refractivity contribution in [1.29, 1.82) is 0 Å². The summed E-state index contributed by atoms with van der Waals surface area (Å²) < 4.78 is 11.9. The summed E-state index contributed by atoms with van der Waals surface area (Å²) in [5.41, 5.74) is 7.67. The van der Waals surface area contributed by atoms with E-state index < -0.39 is 8.32 Å². The van der Waals surface area contributed by atoms with Gasteiger partial charge in [0.25, 0.3) is 0 Å². The van der Waals surface area contributed by atoms with E-state index >= 15 is 0 Å². The van der Waals surface area contributed by atoms with Crippen LogP contribution in [0.5, 0.6) is 5.75 Å². The fourth-order valence-corrected chi connectivity index (χ4v) is 2.93. The van der Waals surface area contributed by atoms with Gasteiger partial charge in [-0.15, -0.1) is 0 Å². The van der Waals surface area contributed by atoms with Gasteiger partial charge < -0.3 is 14.9 Å². The van der Waals surface area contributed by atoms with Crippen LogP contribution in [0.4, 0.5) is 5.69 Å². The molecule has 1 aromatic heterocycles. The SMILES string of the molecule is CC(C)c1nccc(OCCCO[Si](C)(C)C(C)(C)C)c1N. The summed E-state index contributed by atoms with van der Waals surface area (Å²) >= 11 is 0. The van der Waals surface area contributed by atoms with E-state index in [0.29, 0.717) is 18.2 Å². The fraction of sp³-hybridized carbons (Fsp3) is 0.706. The van der Waals surface area contributed by atoms with E-state index in [2.05, 4.69) is 52.7 Å². The Kier molecular flexibility index (Phi) is 6.44. The average molecular weight is 325 g/mol. The van der Waals surface area contributed by atoms with Gasteiger partial charge >= 0.3 is 0 Å². The molecule has 0 bridgehead atoms. The molecule has 0 atom stereocenters. The zero-order valence-corrected chi connectivity index (χ0v) is 16.2. The number of hydrogen-bond acceptors (Lipinski definition) is 4. The van der Waals surface area contributed by atoms with Crippen molar-refractivity contribution in [3.8, 4) is 5.75 Å². The van der Waals surface area contributed by atoms with Gasteiger partial charge in [0.15, 0.2) is 8.32 Å². The normalized spacial score (nSPS) is 12.7. The number of nitrogen functional groups attached to an aromatic ring is 1. The molecule has 5 heteroatoms. The highest BCUT2D eigenvalue weighted by atomic mass is 28.4. The Labute approximate surface area is 136 Å². The molecule has 1 heterocycles. The maximum atomic E-state index is 6.14. The van der Waals surface area contributed by atoms with Crippen LogP contribution in [0.25, 0.3) is 0 Å². The molecule has 0 radical (unpaired) electrons. The molecule has 1 aromatic rings. The number of aromatic nitrogens is 1. The van der Waals surface area contributed by atoms with Crippen molar-refractivity contribution in [3.05, 3.63) is 18.0 Å². The second-order valence-electron chi connectivity index (χ2n) is 7.57. The van der Waals surface area contributed by atoms with Gasteiger partial charge in [-0.25, -0.2) is 0 Å². The maximum Gasteiger partial charge on any atom is 0.191 e. The molecule has 4 nitrogen and oxygen atoms in total. The van der Waals surface area contributed by atoms with Crippen molar-refractivity contribution >= 4 is 14.0 Å². The number of nitrogens with two attached hydrogens (primary N) is 1. The molecule has 0 saturated carbocycles. The lowest BCUT2D eigenvalue weighted by Crippen LogP contribution is -2.41. The Bertz CT molecular complexity index is 482. The van der Waals surface area contributed by atoms with E-state index in [9.17, 15) is 0 Å². The number of pyridine rings is 1. The van der Waals surface area contributed by atoms with Crippen molar-refractivity contribution in [2.24, 2.45) is 0 Å². The molecular weight excluding hydrogens is 292 g/mol. The van der Waals surface area contributed by atoms with E-state index in [1.807, 2.05) is 6.07 Å². The van der Waals surface area contributed by atoms with Crippen LogP contribution >= 0.6 is 0 Å². The topological polar surface area (TPSA) is 57.4 Å². The molecule has 22 heavy (non-hydrogen) atoms. The van der Waals surface area contributed by atoms with Gasteiger partial charge in [-0.05, 0) is 24.1 Å². The van der Waals surface area contributed by atoms with E-state index in [4.69, 9.17) is 14.9 Å². The molecule has 0 unspecified atom stereocenters. The highest BCUT2D eigenvalue weighted by Gasteiger charge is 2.36. The molecule has 0 amide bonds. The number of hydrogen-bond donors (Lipinski definition) is 1. The summed E-state index contributed by atoms with van der Waals surface area (Å²) in [6.45, 7) is 16.8. The maximum absolute atomic E-state index is 6.14. The lowest BCUT2D eigenvalue weighted by atomic mass is 10.1. The summed E-state index contributed by atoms with van der Waals surface area (Å²) in [6, 6.07) is 1.83. The second-order valence-corrected chi connectivity index (χ2v) is 12.4. The van der Waals surface area contributed by atoms with Crippen LogP contribution in [0, 0.1) is 0 Å². The Hall–Kier alpha value is -1.07. The minimum Gasteiger partial charge on any atom is -0.491 e. The second kappa shape index (κ2) is 7.46. The average Bonchev–Trinajstić information content (AvgIpc) is 2.38. The minimum absolute atomic E-state index is 0.246. The van der Waals surface area contributed by atoms with Crippen LogP contribution in [0.15, 0.2) is 12.3 Å². The molecule has 0 spiro atoms. The first-order chi connectivity index (χ1) is 10.1. The first kappa shape index (κ1) is 19.0. The molecule has 0 fully saturated rings. The minimum atomic E-state index is -1.66. The fourth-order valence-electron chi connectivity index (χ4n) is 1.84. The lowest BCUT2D eigenvalue weighted by Gasteiger charge is -2.36. The van der Waals surface area contributed by atoms with Crippen LogP contribution in [0.2, 0.25) is 18.1 Å². The summed E-state index contributed by atoms with van der Waals surface area (Å²) in [5.74, 6) is 1.02. The zero-order chi connectivity index (χ0) is 17.0. The Morgan fingerprint density at radius 3 is 2.41 bits per heavy atom. The monoisotopic (exact) mass is 324 g/mol. The number of nitrogens with zero attached hydrogens (tertiary/aromatic N) is 1. The summed E-state index contributed by atoms with van der Waals surface area (Å²) in [4.78, 5) is 4.32. The first-order valence-corrected chi connectivity index (χ1v) is 11.0. The van der Waals surface area contributed by atoms with Crippen molar-refractivity contribution in [1.82, 2.24) is 4.98 Å². The summed E-state index contributed by atoms with van der Waals surface area (Å²) in [5, 5.41) is 0.246. The van der Waals surface area contributed by atoms with Crippen molar-refractivity contribution in [2.75, 3.05) is 18.9 Å². The lowest BCUT2D eigenvalue weighted by molar-refractivity contribution is 0.234. The third-order valence-electron chi connectivity index (χ3n) is 4.34. The van der Waals surface area contributed by atoms with Crippen LogP contribution in [0.3, 0.4) is 0 Å². The summed E-state index contributed by atoms with van der Waals surface area (Å²) in [6.07, 6.45) is 2.62. The van der Waals surface area contributed by atoms with Crippen LogP contribution in [-0.2, 0) is 4.43 Å². The van der Waals surface area contributed by atoms with E-state index in [1.165, 1.54) is 0 Å². The standard InChI is InChI=1S/C17H32N2O2Si/c1-13(2)16-15(18)14(9-10-19-16)20-11-8-12-21-22(6,7)17(3,4)5/h9-10,13H,8,11-12,18H2,1-7H3. The largest absolute Gasteiger partial charge is 0.491 e. The number of rotatable bonds is 7. The molecule has 0 aliphatic carbocycles. The van der Waals surface area contributed by atoms with Crippen molar-refractivity contribution in [2.45, 2.75) is 65.1 Å². The highest BCUT2D eigenvalue weighted by molar-refractivity contribution is 6.74. The Morgan fingerprint density at radius 2 is 1.86 bits per heavy atom. The van der Waals surface area contributed by atoms with Gasteiger partial charge in [0.2, 0.25) is 0 Å². The Balaban J connectivity index is 2.45. The van der Waals surface area contributed by atoms with Gasteiger partial charge in [-0.2, -0.15) is 0 Å². The van der Waals surface area contributed by atoms with E-state index in [0.717, 1.165) is 24.5 Å². The summed E-state index contributed by atoms with van der Waals surface area (Å²) in [7, 11) is -1.66. The molecule has 126 valence electrons.